The zero-order valence-corrected chi connectivity index (χ0v) is 11.3. The second kappa shape index (κ2) is 6.36. The van der Waals surface area contributed by atoms with Crippen molar-refractivity contribution in [1.82, 2.24) is 5.32 Å². The van der Waals surface area contributed by atoms with Crippen molar-refractivity contribution in [2.45, 2.75) is 38.6 Å². The molecule has 2 amide bonds. The van der Waals surface area contributed by atoms with Gasteiger partial charge in [-0.3, -0.25) is 9.59 Å². The van der Waals surface area contributed by atoms with E-state index in [4.69, 9.17) is 0 Å². The molecule has 1 fully saturated rings. The topological polar surface area (TPSA) is 49.4 Å². The number of rotatable bonds is 4. The molecule has 0 atom stereocenters. The average molecular weight is 260 g/mol. The van der Waals surface area contributed by atoms with Gasteiger partial charge in [0, 0.05) is 18.7 Å². The standard InChI is InChI=1S/C15H20N2O2/c1-12(18)17(14-9-3-2-4-10-14)11-15(19)16-13-7-5-6-8-13/h2-4,9-10,13H,5-8,11H2,1H3,(H,16,19). The van der Waals surface area contributed by atoms with Crippen LogP contribution in [-0.2, 0) is 9.59 Å². The quantitative estimate of drug-likeness (QED) is 0.901. The summed E-state index contributed by atoms with van der Waals surface area (Å²) in [5, 5.41) is 3.00. The fourth-order valence-electron chi connectivity index (χ4n) is 2.48. The van der Waals surface area contributed by atoms with Gasteiger partial charge in [0.2, 0.25) is 11.8 Å². The number of anilines is 1. The van der Waals surface area contributed by atoms with Crippen molar-refractivity contribution in [1.29, 1.82) is 0 Å². The molecule has 1 aromatic carbocycles. The van der Waals surface area contributed by atoms with Gasteiger partial charge in [-0.15, -0.1) is 0 Å². The maximum absolute atomic E-state index is 12.0. The molecule has 2 rings (SSSR count). The lowest BCUT2D eigenvalue weighted by atomic mass is 10.2. The van der Waals surface area contributed by atoms with Gasteiger partial charge in [0.05, 0.1) is 0 Å². The molecule has 1 aromatic rings. The molecule has 0 aromatic heterocycles. The predicted octanol–water partition coefficient (Wildman–Crippen LogP) is 2.10. The number of carbonyl (C=O) groups is 2. The number of benzene rings is 1. The first-order valence-electron chi connectivity index (χ1n) is 6.79. The van der Waals surface area contributed by atoms with Crippen molar-refractivity contribution in [3.05, 3.63) is 30.3 Å². The summed E-state index contributed by atoms with van der Waals surface area (Å²) >= 11 is 0. The molecule has 1 aliphatic carbocycles. The number of para-hydroxylation sites is 1. The normalized spacial score (nSPS) is 15.2. The third-order valence-electron chi connectivity index (χ3n) is 3.47. The number of nitrogens with one attached hydrogen (secondary N) is 1. The third kappa shape index (κ3) is 3.81. The Bertz CT molecular complexity index is 439. The van der Waals surface area contributed by atoms with Crippen molar-refractivity contribution in [2.75, 3.05) is 11.4 Å². The Morgan fingerprint density at radius 2 is 1.84 bits per heavy atom. The van der Waals surface area contributed by atoms with E-state index in [0.29, 0.717) is 0 Å². The maximum atomic E-state index is 12.0. The van der Waals surface area contributed by atoms with Crippen LogP contribution in [0.3, 0.4) is 0 Å². The zero-order valence-electron chi connectivity index (χ0n) is 11.3. The van der Waals surface area contributed by atoms with Crippen LogP contribution in [0.25, 0.3) is 0 Å². The fraction of sp³-hybridized carbons (Fsp3) is 0.467. The zero-order chi connectivity index (χ0) is 13.7. The van der Waals surface area contributed by atoms with Crippen molar-refractivity contribution in [3.63, 3.8) is 0 Å². The SMILES string of the molecule is CC(=O)N(CC(=O)NC1CCCC1)c1ccccc1. The van der Waals surface area contributed by atoms with Gasteiger partial charge in [0.25, 0.3) is 0 Å². The highest BCUT2D eigenvalue weighted by molar-refractivity contribution is 5.97. The summed E-state index contributed by atoms with van der Waals surface area (Å²) in [6, 6.07) is 9.58. The van der Waals surface area contributed by atoms with Crippen molar-refractivity contribution in [2.24, 2.45) is 0 Å². The highest BCUT2D eigenvalue weighted by Crippen LogP contribution is 2.18. The lowest BCUT2D eigenvalue weighted by molar-refractivity contribution is -0.123. The number of amides is 2. The lowest BCUT2D eigenvalue weighted by Gasteiger charge is -2.22. The van der Waals surface area contributed by atoms with Crippen LogP contribution in [0, 0.1) is 0 Å². The van der Waals surface area contributed by atoms with E-state index in [2.05, 4.69) is 5.32 Å². The van der Waals surface area contributed by atoms with Gasteiger partial charge < -0.3 is 10.2 Å². The molecule has 1 aliphatic rings. The number of hydrogen-bond donors (Lipinski definition) is 1. The van der Waals surface area contributed by atoms with Gasteiger partial charge in [-0.2, -0.15) is 0 Å². The molecule has 102 valence electrons. The molecule has 0 spiro atoms. The van der Waals surface area contributed by atoms with Crippen LogP contribution in [0.1, 0.15) is 32.6 Å². The van der Waals surface area contributed by atoms with Gasteiger partial charge in [0.1, 0.15) is 6.54 Å². The minimum absolute atomic E-state index is 0.0778. The Hall–Kier alpha value is -1.84. The monoisotopic (exact) mass is 260 g/mol. The summed E-state index contributed by atoms with van der Waals surface area (Å²) in [6.45, 7) is 1.58. The van der Waals surface area contributed by atoms with Gasteiger partial charge >= 0.3 is 0 Å². The minimum atomic E-state index is -0.118. The van der Waals surface area contributed by atoms with E-state index in [-0.39, 0.29) is 24.4 Å². The van der Waals surface area contributed by atoms with E-state index in [0.717, 1.165) is 18.5 Å². The van der Waals surface area contributed by atoms with Gasteiger partial charge in [-0.25, -0.2) is 0 Å². The molecule has 0 bridgehead atoms. The summed E-state index contributed by atoms with van der Waals surface area (Å²) in [6.07, 6.45) is 4.47. The minimum Gasteiger partial charge on any atom is -0.352 e. The van der Waals surface area contributed by atoms with E-state index >= 15 is 0 Å². The van der Waals surface area contributed by atoms with Gasteiger partial charge in [-0.1, -0.05) is 31.0 Å². The molecule has 0 radical (unpaired) electrons. The van der Waals surface area contributed by atoms with Crippen molar-refractivity contribution in [3.8, 4) is 0 Å². The maximum Gasteiger partial charge on any atom is 0.240 e. The van der Waals surface area contributed by atoms with Gasteiger partial charge in [0.15, 0.2) is 0 Å². The first kappa shape index (κ1) is 13.6. The van der Waals surface area contributed by atoms with Crippen molar-refractivity contribution >= 4 is 17.5 Å². The molecule has 0 unspecified atom stereocenters. The smallest absolute Gasteiger partial charge is 0.240 e. The van der Waals surface area contributed by atoms with E-state index < -0.39 is 0 Å². The van der Waals surface area contributed by atoms with Gasteiger partial charge in [-0.05, 0) is 25.0 Å². The average Bonchev–Trinajstić information content (AvgIpc) is 2.89. The Kier molecular flexibility index (Phi) is 4.55. The molecular formula is C15H20N2O2. The lowest BCUT2D eigenvalue weighted by Crippen LogP contribution is -2.43. The van der Waals surface area contributed by atoms with E-state index in [9.17, 15) is 9.59 Å². The Morgan fingerprint density at radius 1 is 1.21 bits per heavy atom. The largest absolute Gasteiger partial charge is 0.352 e. The summed E-state index contributed by atoms with van der Waals surface area (Å²) < 4.78 is 0. The second-order valence-corrected chi connectivity index (χ2v) is 4.99. The molecule has 4 heteroatoms. The summed E-state index contributed by atoms with van der Waals surface area (Å²) in [5.74, 6) is -0.196. The van der Waals surface area contributed by atoms with Crippen LogP contribution in [-0.4, -0.2) is 24.4 Å². The van der Waals surface area contributed by atoms with Crippen molar-refractivity contribution < 1.29 is 9.59 Å². The van der Waals surface area contributed by atoms with Crippen LogP contribution in [0.2, 0.25) is 0 Å². The number of carbonyl (C=O) groups excluding carboxylic acids is 2. The first-order chi connectivity index (χ1) is 9.16. The molecule has 4 nitrogen and oxygen atoms in total. The molecule has 19 heavy (non-hydrogen) atoms. The Balaban J connectivity index is 1.97. The van der Waals surface area contributed by atoms with Crippen LogP contribution in [0.15, 0.2) is 30.3 Å². The van der Waals surface area contributed by atoms with E-state index in [1.165, 1.54) is 24.7 Å². The highest BCUT2D eigenvalue weighted by atomic mass is 16.2. The van der Waals surface area contributed by atoms with Crippen LogP contribution in [0.4, 0.5) is 5.69 Å². The highest BCUT2D eigenvalue weighted by Gasteiger charge is 2.20. The fourth-order valence-corrected chi connectivity index (χ4v) is 2.48. The van der Waals surface area contributed by atoms with Crippen LogP contribution < -0.4 is 10.2 Å². The molecule has 0 heterocycles. The molecule has 1 saturated carbocycles. The second-order valence-electron chi connectivity index (χ2n) is 4.99. The van der Waals surface area contributed by atoms with E-state index in [1.54, 1.807) is 0 Å². The molecule has 0 saturated heterocycles. The molecule has 1 N–H and O–H groups in total. The molecular weight excluding hydrogens is 240 g/mol. The first-order valence-corrected chi connectivity index (χ1v) is 6.79. The summed E-state index contributed by atoms with van der Waals surface area (Å²) in [4.78, 5) is 25.1. The van der Waals surface area contributed by atoms with E-state index in [1.807, 2.05) is 30.3 Å². The predicted molar refractivity (Wildman–Crippen MR) is 74.9 cm³/mol. The van der Waals surface area contributed by atoms with Crippen LogP contribution in [0.5, 0.6) is 0 Å². The Morgan fingerprint density at radius 3 is 2.42 bits per heavy atom. The number of nitrogens with zero attached hydrogens (tertiary/aromatic N) is 1. The van der Waals surface area contributed by atoms with Crippen LogP contribution >= 0.6 is 0 Å². The molecule has 0 aliphatic heterocycles. The third-order valence-corrected chi connectivity index (χ3v) is 3.47. The number of hydrogen-bond acceptors (Lipinski definition) is 2. The summed E-state index contributed by atoms with van der Waals surface area (Å²) in [7, 11) is 0. The summed E-state index contributed by atoms with van der Waals surface area (Å²) in [5.41, 5.74) is 0.761. The Labute approximate surface area is 113 Å².